The normalized spacial score (nSPS) is 16.1. The summed E-state index contributed by atoms with van der Waals surface area (Å²) >= 11 is 1.57. The minimum atomic E-state index is -3.60. The monoisotopic (exact) mass is 408 g/mol. The van der Waals surface area contributed by atoms with Gasteiger partial charge >= 0.3 is 0 Å². The standard InChI is InChI=1S/C17H20N4O4S2/c1-12-17(27(22,23)20-5-7-24-8-6-20)13(2)21(18-12)11-14-10-15(25-19-14)16-4-3-9-26-16/h3-4,9-10H,5-8,11H2,1-2H3. The van der Waals surface area contributed by atoms with Crippen LogP contribution < -0.4 is 0 Å². The second kappa shape index (κ2) is 7.19. The lowest BCUT2D eigenvalue weighted by molar-refractivity contribution is 0.0730. The van der Waals surface area contributed by atoms with Gasteiger partial charge in [0.15, 0.2) is 5.76 Å². The number of ether oxygens (including phenoxy) is 1. The molecule has 0 aromatic carbocycles. The van der Waals surface area contributed by atoms with Crippen LogP contribution in [-0.4, -0.2) is 54.0 Å². The maximum Gasteiger partial charge on any atom is 0.246 e. The molecule has 1 aliphatic heterocycles. The van der Waals surface area contributed by atoms with E-state index in [1.165, 1.54) is 4.31 Å². The van der Waals surface area contributed by atoms with E-state index in [1.54, 1.807) is 29.9 Å². The van der Waals surface area contributed by atoms with E-state index < -0.39 is 10.0 Å². The zero-order chi connectivity index (χ0) is 19.0. The van der Waals surface area contributed by atoms with Gasteiger partial charge in [-0.3, -0.25) is 4.68 Å². The highest BCUT2D eigenvalue weighted by molar-refractivity contribution is 7.89. The van der Waals surface area contributed by atoms with Crippen molar-refractivity contribution < 1.29 is 17.7 Å². The Morgan fingerprint density at radius 3 is 2.74 bits per heavy atom. The molecule has 4 rings (SSSR count). The van der Waals surface area contributed by atoms with Gasteiger partial charge in [-0.25, -0.2) is 8.42 Å². The van der Waals surface area contributed by atoms with Gasteiger partial charge in [0.25, 0.3) is 0 Å². The van der Waals surface area contributed by atoms with Crippen molar-refractivity contribution in [2.45, 2.75) is 25.3 Å². The quantitative estimate of drug-likeness (QED) is 0.643. The maximum absolute atomic E-state index is 13.0. The molecule has 0 spiro atoms. The van der Waals surface area contributed by atoms with E-state index >= 15 is 0 Å². The van der Waals surface area contributed by atoms with Crippen molar-refractivity contribution in [3.8, 4) is 10.6 Å². The Morgan fingerprint density at radius 2 is 2.04 bits per heavy atom. The number of morpholine rings is 1. The Hall–Kier alpha value is -2.01. The molecule has 0 N–H and O–H groups in total. The fourth-order valence-electron chi connectivity index (χ4n) is 3.20. The summed E-state index contributed by atoms with van der Waals surface area (Å²) in [7, 11) is -3.60. The molecular formula is C17H20N4O4S2. The van der Waals surface area contributed by atoms with Crippen LogP contribution >= 0.6 is 11.3 Å². The molecule has 27 heavy (non-hydrogen) atoms. The van der Waals surface area contributed by atoms with Gasteiger partial charge in [0.2, 0.25) is 10.0 Å². The second-order valence-electron chi connectivity index (χ2n) is 6.33. The molecule has 0 unspecified atom stereocenters. The summed E-state index contributed by atoms with van der Waals surface area (Å²) in [4.78, 5) is 1.27. The number of thiophene rings is 1. The Morgan fingerprint density at radius 1 is 1.26 bits per heavy atom. The summed E-state index contributed by atoms with van der Waals surface area (Å²) in [5, 5.41) is 10.5. The van der Waals surface area contributed by atoms with Crippen LogP contribution in [0.2, 0.25) is 0 Å². The van der Waals surface area contributed by atoms with Crippen LogP contribution in [0.25, 0.3) is 10.6 Å². The molecule has 0 radical (unpaired) electrons. The van der Waals surface area contributed by atoms with Crippen LogP contribution in [0.15, 0.2) is 33.0 Å². The molecule has 3 aromatic rings. The first-order chi connectivity index (χ1) is 13.0. The van der Waals surface area contributed by atoms with Crippen molar-refractivity contribution in [3.05, 3.63) is 40.7 Å². The fraction of sp³-hybridized carbons (Fsp3) is 0.412. The van der Waals surface area contributed by atoms with Gasteiger partial charge in [-0.05, 0) is 25.3 Å². The fourth-order valence-corrected chi connectivity index (χ4v) is 5.65. The molecule has 0 amide bonds. The summed E-state index contributed by atoms with van der Waals surface area (Å²) in [5.41, 5.74) is 1.78. The number of nitrogens with zero attached hydrogens (tertiary/aromatic N) is 4. The minimum absolute atomic E-state index is 0.270. The first kappa shape index (κ1) is 18.4. The number of aryl methyl sites for hydroxylation is 1. The van der Waals surface area contributed by atoms with E-state index in [0.29, 0.717) is 55.7 Å². The van der Waals surface area contributed by atoms with Crippen molar-refractivity contribution in [2.24, 2.45) is 0 Å². The van der Waals surface area contributed by atoms with Crippen molar-refractivity contribution in [1.29, 1.82) is 0 Å². The average molecular weight is 409 g/mol. The lowest BCUT2D eigenvalue weighted by Gasteiger charge is -2.26. The summed E-state index contributed by atoms with van der Waals surface area (Å²) in [6, 6.07) is 5.77. The number of aromatic nitrogens is 3. The SMILES string of the molecule is Cc1nn(Cc2cc(-c3cccs3)on2)c(C)c1S(=O)(=O)N1CCOCC1. The molecule has 0 bridgehead atoms. The van der Waals surface area contributed by atoms with Crippen LogP contribution in [0.5, 0.6) is 0 Å². The topological polar surface area (TPSA) is 90.5 Å². The predicted molar refractivity (Wildman–Crippen MR) is 100 cm³/mol. The lowest BCUT2D eigenvalue weighted by Crippen LogP contribution is -2.41. The molecule has 3 aromatic heterocycles. The molecule has 144 valence electrons. The summed E-state index contributed by atoms with van der Waals surface area (Å²) in [6.45, 7) is 5.38. The molecular weight excluding hydrogens is 388 g/mol. The number of hydrogen-bond acceptors (Lipinski definition) is 7. The maximum atomic E-state index is 13.0. The summed E-state index contributed by atoms with van der Waals surface area (Å²) < 4.78 is 39.9. The van der Waals surface area contributed by atoms with Crippen LogP contribution in [-0.2, 0) is 21.3 Å². The number of sulfonamides is 1. The van der Waals surface area contributed by atoms with E-state index in [2.05, 4.69) is 10.3 Å². The second-order valence-corrected chi connectivity index (χ2v) is 9.16. The highest BCUT2D eigenvalue weighted by Crippen LogP contribution is 2.27. The van der Waals surface area contributed by atoms with E-state index in [-0.39, 0.29) is 4.90 Å². The highest BCUT2D eigenvalue weighted by Gasteiger charge is 2.32. The number of hydrogen-bond donors (Lipinski definition) is 0. The average Bonchev–Trinajstić information content (AvgIpc) is 3.37. The molecule has 0 aliphatic carbocycles. The molecule has 4 heterocycles. The Balaban J connectivity index is 1.61. The number of rotatable bonds is 5. The van der Waals surface area contributed by atoms with Crippen molar-refractivity contribution in [1.82, 2.24) is 19.2 Å². The molecule has 8 nitrogen and oxygen atoms in total. The van der Waals surface area contributed by atoms with Crippen LogP contribution in [0, 0.1) is 13.8 Å². The van der Waals surface area contributed by atoms with Crippen LogP contribution in [0.3, 0.4) is 0 Å². The lowest BCUT2D eigenvalue weighted by atomic mass is 10.3. The molecule has 1 fully saturated rings. The van der Waals surface area contributed by atoms with Crippen molar-refractivity contribution in [2.75, 3.05) is 26.3 Å². The Labute approximate surface area is 161 Å². The van der Waals surface area contributed by atoms with Crippen molar-refractivity contribution >= 4 is 21.4 Å². The Kier molecular flexibility index (Phi) is 4.89. The third-order valence-corrected chi connectivity index (χ3v) is 7.55. The zero-order valence-corrected chi connectivity index (χ0v) is 16.7. The third-order valence-electron chi connectivity index (χ3n) is 4.52. The van der Waals surface area contributed by atoms with Crippen LogP contribution in [0.4, 0.5) is 0 Å². The molecule has 1 saturated heterocycles. The van der Waals surface area contributed by atoms with Gasteiger partial charge in [-0.2, -0.15) is 9.40 Å². The van der Waals surface area contributed by atoms with Gasteiger partial charge in [0.05, 0.1) is 36.0 Å². The minimum Gasteiger partial charge on any atom is -0.379 e. The molecule has 0 saturated carbocycles. The third kappa shape index (κ3) is 3.45. The first-order valence-electron chi connectivity index (χ1n) is 8.58. The smallest absolute Gasteiger partial charge is 0.246 e. The van der Waals surface area contributed by atoms with E-state index in [0.717, 1.165) is 4.88 Å². The van der Waals surface area contributed by atoms with Gasteiger partial charge in [-0.1, -0.05) is 11.2 Å². The van der Waals surface area contributed by atoms with E-state index in [9.17, 15) is 8.42 Å². The highest BCUT2D eigenvalue weighted by atomic mass is 32.2. The summed E-state index contributed by atoms with van der Waals surface area (Å²) in [5.74, 6) is 0.697. The summed E-state index contributed by atoms with van der Waals surface area (Å²) in [6.07, 6.45) is 0. The Bertz CT molecular complexity index is 1030. The van der Waals surface area contributed by atoms with Gasteiger partial charge < -0.3 is 9.26 Å². The van der Waals surface area contributed by atoms with Gasteiger partial charge in [0.1, 0.15) is 10.6 Å². The van der Waals surface area contributed by atoms with Gasteiger partial charge in [-0.15, -0.1) is 11.3 Å². The molecule has 10 heteroatoms. The predicted octanol–water partition coefficient (Wildman–Crippen LogP) is 2.29. The van der Waals surface area contributed by atoms with Gasteiger partial charge in [0, 0.05) is 19.2 Å². The van der Waals surface area contributed by atoms with Crippen molar-refractivity contribution in [3.63, 3.8) is 0 Å². The van der Waals surface area contributed by atoms with Crippen LogP contribution in [0.1, 0.15) is 17.1 Å². The molecule has 0 atom stereocenters. The van der Waals surface area contributed by atoms with E-state index in [4.69, 9.17) is 9.26 Å². The first-order valence-corrected chi connectivity index (χ1v) is 10.9. The van der Waals surface area contributed by atoms with E-state index in [1.807, 2.05) is 23.6 Å². The largest absolute Gasteiger partial charge is 0.379 e. The molecule has 1 aliphatic rings. The zero-order valence-electron chi connectivity index (χ0n) is 15.1.